The molecule has 0 aromatic carbocycles. The Labute approximate surface area is 197 Å². The lowest BCUT2D eigenvalue weighted by molar-refractivity contribution is -0.0437. The van der Waals surface area contributed by atoms with Crippen LogP contribution in [0.2, 0.25) is 0 Å². The lowest BCUT2D eigenvalue weighted by Crippen LogP contribution is -2.54. The maximum atomic E-state index is 5.12. The number of likely N-dealkylation sites (tertiary alicyclic amines) is 2. The normalized spacial score (nSPS) is 22.0. The molecule has 0 N–H and O–H groups in total. The quantitative estimate of drug-likeness (QED) is 0.444. The minimum atomic E-state index is 0. The van der Waals surface area contributed by atoms with Gasteiger partial charge in [-0.25, -0.2) is 0 Å². The molecule has 0 amide bonds. The van der Waals surface area contributed by atoms with Gasteiger partial charge in [0.05, 0.1) is 6.10 Å². The van der Waals surface area contributed by atoms with Gasteiger partial charge in [-0.2, -0.15) is 0 Å². The summed E-state index contributed by atoms with van der Waals surface area (Å²) in [5.74, 6) is 4.07. The van der Waals surface area contributed by atoms with Gasteiger partial charge in [-0.3, -0.25) is 4.90 Å². The summed E-state index contributed by atoms with van der Waals surface area (Å²) in [6.45, 7) is 23.1. The number of hydrogen-bond donors (Lipinski definition) is 0. The van der Waals surface area contributed by atoms with Crippen molar-refractivity contribution < 1.29 is 4.74 Å². The van der Waals surface area contributed by atoms with Crippen molar-refractivity contribution in [1.82, 2.24) is 9.80 Å². The molecule has 4 aliphatic rings. The van der Waals surface area contributed by atoms with Gasteiger partial charge in [-0.05, 0) is 70.9 Å². The lowest BCUT2D eigenvalue weighted by atomic mass is 9.78. The Morgan fingerprint density at radius 2 is 1.00 bits per heavy atom. The van der Waals surface area contributed by atoms with Gasteiger partial charge in [0.25, 0.3) is 0 Å². The summed E-state index contributed by atoms with van der Waals surface area (Å²) in [5, 5.41) is 0. The van der Waals surface area contributed by atoms with E-state index >= 15 is 0 Å². The summed E-state index contributed by atoms with van der Waals surface area (Å²) in [6, 6.07) is 1.48. The second-order valence-electron chi connectivity index (χ2n) is 11.3. The topological polar surface area (TPSA) is 15.7 Å². The number of nitrogens with zero attached hydrogens (tertiary/aromatic N) is 2. The molecule has 2 saturated carbocycles. The molecule has 0 aromatic heterocycles. The Balaban J connectivity index is 0.000000385. The Morgan fingerprint density at radius 1 is 0.613 bits per heavy atom. The minimum absolute atomic E-state index is 0. The highest BCUT2D eigenvalue weighted by molar-refractivity contribution is 4.82. The first kappa shape index (κ1) is 30.9. The second kappa shape index (κ2) is 16.5. The summed E-state index contributed by atoms with van der Waals surface area (Å²) in [7, 11) is 1.78. The molecule has 0 bridgehead atoms. The third-order valence-electron chi connectivity index (χ3n) is 7.75. The van der Waals surface area contributed by atoms with Crippen molar-refractivity contribution in [1.29, 1.82) is 0 Å². The average molecular weight is 441 g/mol. The molecule has 3 nitrogen and oxygen atoms in total. The fraction of sp³-hybridized carbons (Fsp3) is 1.00. The predicted molar refractivity (Wildman–Crippen MR) is 140 cm³/mol. The van der Waals surface area contributed by atoms with Crippen molar-refractivity contribution in [3.63, 3.8) is 0 Å². The molecule has 4 rings (SSSR count). The maximum Gasteiger partial charge on any atom is 0.0825 e. The summed E-state index contributed by atoms with van der Waals surface area (Å²) in [4.78, 5) is 4.87. The van der Waals surface area contributed by atoms with Crippen molar-refractivity contribution in [2.75, 3.05) is 33.3 Å². The van der Waals surface area contributed by atoms with Crippen molar-refractivity contribution >= 4 is 0 Å². The zero-order chi connectivity index (χ0) is 22.7. The molecular formula is C28H60N2O. The third-order valence-corrected chi connectivity index (χ3v) is 7.75. The number of methoxy groups -OCH3 is 1. The summed E-state index contributed by atoms with van der Waals surface area (Å²) in [6.07, 6.45) is 10.9. The largest absolute Gasteiger partial charge is 0.379 e. The van der Waals surface area contributed by atoms with Crippen LogP contribution in [0, 0.1) is 23.7 Å². The van der Waals surface area contributed by atoms with E-state index in [4.69, 9.17) is 4.74 Å². The molecule has 0 aromatic rings. The van der Waals surface area contributed by atoms with Gasteiger partial charge in [-0.15, -0.1) is 0 Å². The Morgan fingerprint density at radius 3 is 1.10 bits per heavy atom. The number of ether oxygens (including phenoxy) is 1. The van der Waals surface area contributed by atoms with Gasteiger partial charge in [0, 0.05) is 32.3 Å². The SMILES string of the molecule is C.CC(C)C1CCC1.CC(C)C1CCC1.CC(C)N1CCC1.COC1CN(C(C)C)C1. The van der Waals surface area contributed by atoms with E-state index in [2.05, 4.69) is 65.2 Å². The number of hydrogen-bond acceptors (Lipinski definition) is 3. The standard InChI is InChI=1S/C7H15NO.2C7H14.C6H13N.CH4/c1-6(2)8-4-7(5-8)9-3;3*1-6(2)7-4-3-5-7;/h6-7H,4-5H2,1-3H3;2*6-7H,3-5H2,1-2H3;6H,3-5H2,1-2H3;1H4. The van der Waals surface area contributed by atoms with Crippen LogP contribution < -0.4 is 0 Å². The van der Waals surface area contributed by atoms with Gasteiger partial charge >= 0.3 is 0 Å². The summed E-state index contributed by atoms with van der Waals surface area (Å²) < 4.78 is 5.12. The Hall–Kier alpha value is -0.120. The van der Waals surface area contributed by atoms with Crippen molar-refractivity contribution in [2.45, 2.75) is 126 Å². The molecule has 2 heterocycles. The van der Waals surface area contributed by atoms with Crippen LogP contribution in [0.3, 0.4) is 0 Å². The second-order valence-corrected chi connectivity index (χ2v) is 11.3. The summed E-state index contributed by atoms with van der Waals surface area (Å²) >= 11 is 0. The van der Waals surface area contributed by atoms with Gasteiger partial charge in [-0.1, -0.05) is 73.6 Å². The molecule has 0 unspecified atom stereocenters. The first-order chi connectivity index (χ1) is 14.1. The van der Waals surface area contributed by atoms with Gasteiger partial charge < -0.3 is 9.64 Å². The van der Waals surface area contributed by atoms with Crippen LogP contribution in [-0.2, 0) is 4.74 Å². The van der Waals surface area contributed by atoms with E-state index in [1.165, 1.54) is 58.0 Å². The fourth-order valence-corrected chi connectivity index (χ4v) is 4.11. The Kier molecular flexibility index (Phi) is 16.4. The van der Waals surface area contributed by atoms with Crippen LogP contribution in [0.1, 0.15) is 108 Å². The van der Waals surface area contributed by atoms with Crippen LogP contribution in [0.4, 0.5) is 0 Å². The molecule has 2 aliphatic carbocycles. The molecule has 2 saturated heterocycles. The van der Waals surface area contributed by atoms with Crippen LogP contribution in [0.15, 0.2) is 0 Å². The fourth-order valence-electron chi connectivity index (χ4n) is 4.11. The molecule has 31 heavy (non-hydrogen) atoms. The number of rotatable bonds is 5. The highest BCUT2D eigenvalue weighted by Crippen LogP contribution is 2.33. The van der Waals surface area contributed by atoms with E-state index in [9.17, 15) is 0 Å². The monoisotopic (exact) mass is 440 g/mol. The predicted octanol–water partition coefficient (Wildman–Crippen LogP) is 7.35. The van der Waals surface area contributed by atoms with E-state index < -0.39 is 0 Å². The minimum Gasteiger partial charge on any atom is -0.379 e. The van der Waals surface area contributed by atoms with Crippen LogP contribution >= 0.6 is 0 Å². The van der Waals surface area contributed by atoms with E-state index in [-0.39, 0.29) is 7.43 Å². The zero-order valence-corrected chi connectivity index (χ0v) is 22.1. The molecule has 3 heteroatoms. The average Bonchev–Trinajstić information content (AvgIpc) is 2.39. The van der Waals surface area contributed by atoms with Gasteiger partial charge in [0.15, 0.2) is 0 Å². The highest BCUT2D eigenvalue weighted by atomic mass is 16.5. The first-order valence-electron chi connectivity index (χ1n) is 13.2. The highest BCUT2D eigenvalue weighted by Gasteiger charge is 2.27. The third kappa shape index (κ3) is 12.1. The maximum absolute atomic E-state index is 5.12. The van der Waals surface area contributed by atoms with Crippen molar-refractivity contribution in [2.24, 2.45) is 23.7 Å². The van der Waals surface area contributed by atoms with Crippen molar-refractivity contribution in [3.8, 4) is 0 Å². The molecule has 0 spiro atoms. The molecule has 0 radical (unpaired) electrons. The van der Waals surface area contributed by atoms with E-state index in [1.54, 1.807) is 7.11 Å². The molecule has 2 aliphatic heterocycles. The van der Waals surface area contributed by atoms with Crippen LogP contribution in [0.5, 0.6) is 0 Å². The molecule has 188 valence electrons. The lowest BCUT2D eigenvalue weighted by Gasteiger charge is -2.40. The molecule has 0 atom stereocenters. The zero-order valence-electron chi connectivity index (χ0n) is 22.1. The van der Waals surface area contributed by atoms with Crippen molar-refractivity contribution in [3.05, 3.63) is 0 Å². The summed E-state index contributed by atoms with van der Waals surface area (Å²) in [5.41, 5.74) is 0. The van der Waals surface area contributed by atoms with Crippen LogP contribution in [-0.4, -0.2) is 61.3 Å². The van der Waals surface area contributed by atoms with Gasteiger partial charge in [0.2, 0.25) is 0 Å². The first-order valence-corrected chi connectivity index (χ1v) is 13.2. The molecular weight excluding hydrogens is 380 g/mol. The Bertz CT molecular complexity index is 360. The molecule has 4 fully saturated rings. The van der Waals surface area contributed by atoms with Crippen LogP contribution in [0.25, 0.3) is 0 Å². The van der Waals surface area contributed by atoms with Gasteiger partial charge in [0.1, 0.15) is 0 Å². The smallest absolute Gasteiger partial charge is 0.0825 e. The van der Waals surface area contributed by atoms with E-state index in [1.807, 2.05) is 0 Å². The van der Waals surface area contributed by atoms with E-state index in [0.717, 1.165) is 42.8 Å². The van der Waals surface area contributed by atoms with E-state index in [0.29, 0.717) is 12.1 Å².